The molecule has 204 valence electrons. The minimum atomic E-state index is -4.84. The lowest BCUT2D eigenvalue weighted by Crippen LogP contribution is -2.18. The van der Waals surface area contributed by atoms with Crippen LogP contribution in [0, 0.1) is 31.3 Å². The Hall–Kier alpha value is -4.43. The van der Waals surface area contributed by atoms with Gasteiger partial charge in [0.25, 0.3) is 10.0 Å². The zero-order valence-electron chi connectivity index (χ0n) is 21.2. The van der Waals surface area contributed by atoms with Crippen molar-refractivity contribution in [3.63, 3.8) is 0 Å². The number of hydrogen-bond donors (Lipinski definition) is 2. The monoisotopic (exact) mass is 583 g/mol. The van der Waals surface area contributed by atoms with Gasteiger partial charge in [-0.2, -0.15) is 0 Å². The number of nitrogens with zero attached hydrogens (tertiary/aromatic N) is 5. The van der Waals surface area contributed by atoms with Crippen molar-refractivity contribution in [2.75, 3.05) is 17.1 Å². The molecule has 0 bridgehead atoms. The summed E-state index contributed by atoms with van der Waals surface area (Å²) in [4.78, 5) is 21.0. The Morgan fingerprint density at radius 2 is 1.68 bits per heavy atom. The minimum absolute atomic E-state index is 0.0763. The molecule has 0 saturated carbocycles. The Labute approximate surface area is 231 Å². The van der Waals surface area contributed by atoms with Crippen LogP contribution >= 0.6 is 11.3 Å². The number of nitrogens with one attached hydrogen (secondary N) is 2. The average molecular weight is 584 g/mol. The fourth-order valence-corrected chi connectivity index (χ4v) is 6.04. The molecule has 0 atom stereocenters. The highest BCUT2D eigenvalue weighted by Crippen LogP contribution is 2.41. The zero-order valence-corrected chi connectivity index (χ0v) is 22.8. The highest BCUT2D eigenvalue weighted by Gasteiger charge is 2.28. The number of thiazole rings is 1. The van der Waals surface area contributed by atoms with Crippen molar-refractivity contribution in [1.82, 2.24) is 24.9 Å². The van der Waals surface area contributed by atoms with Crippen LogP contribution in [0.2, 0.25) is 0 Å². The molecular weight excluding hydrogens is 563 g/mol. The van der Waals surface area contributed by atoms with Gasteiger partial charge in [-0.05, 0) is 43.7 Å². The van der Waals surface area contributed by atoms with Gasteiger partial charge in [0.1, 0.15) is 22.3 Å². The number of benzene rings is 2. The quantitative estimate of drug-likeness (QED) is 0.254. The van der Waals surface area contributed by atoms with E-state index < -0.39 is 38.1 Å². The molecule has 3 aromatic heterocycles. The predicted molar refractivity (Wildman–Crippen MR) is 146 cm³/mol. The van der Waals surface area contributed by atoms with Gasteiger partial charge in [-0.15, -0.1) is 11.3 Å². The first-order valence-corrected chi connectivity index (χ1v) is 14.0. The Balaban J connectivity index is 1.65. The van der Waals surface area contributed by atoms with E-state index in [0.29, 0.717) is 32.9 Å². The Morgan fingerprint density at radius 1 is 0.875 bits per heavy atom. The molecule has 2 aromatic carbocycles. The highest BCUT2D eigenvalue weighted by atomic mass is 32.2. The van der Waals surface area contributed by atoms with Gasteiger partial charge in [-0.25, -0.2) is 36.5 Å². The van der Waals surface area contributed by atoms with Crippen LogP contribution in [-0.2, 0) is 10.0 Å². The molecule has 0 aliphatic rings. The highest BCUT2D eigenvalue weighted by molar-refractivity contribution is 7.92. The summed E-state index contributed by atoms with van der Waals surface area (Å²) in [5, 5.41) is 3.26. The van der Waals surface area contributed by atoms with E-state index in [2.05, 4.69) is 30.2 Å². The number of sulfonamides is 1. The van der Waals surface area contributed by atoms with E-state index in [9.17, 15) is 17.2 Å². The molecule has 0 saturated heterocycles. The third-order valence-corrected chi connectivity index (χ3v) is 8.25. The summed E-state index contributed by atoms with van der Waals surface area (Å²) in [6.07, 6.45) is 4.63. The summed E-state index contributed by atoms with van der Waals surface area (Å²) in [5.74, 6) is -3.26. The van der Waals surface area contributed by atoms with E-state index in [1.54, 1.807) is 26.2 Å². The van der Waals surface area contributed by atoms with Crippen molar-refractivity contribution >= 4 is 33.0 Å². The van der Waals surface area contributed by atoms with Crippen LogP contribution in [0.1, 0.15) is 11.3 Å². The maximum absolute atomic E-state index is 16.0. The second-order valence-corrected chi connectivity index (χ2v) is 11.2. The van der Waals surface area contributed by atoms with Crippen molar-refractivity contribution in [3.05, 3.63) is 83.7 Å². The number of rotatable bonds is 7. The molecule has 0 amide bonds. The molecule has 5 rings (SSSR count). The molecule has 0 aliphatic heterocycles. The summed E-state index contributed by atoms with van der Waals surface area (Å²) in [6.45, 7) is 3.08. The normalized spacial score (nSPS) is 11.4. The second kappa shape index (κ2) is 10.6. The van der Waals surface area contributed by atoms with Gasteiger partial charge in [0.2, 0.25) is 5.95 Å². The van der Waals surface area contributed by atoms with E-state index in [-0.39, 0.29) is 16.8 Å². The summed E-state index contributed by atoms with van der Waals surface area (Å²) in [7, 11) is -3.19. The number of hydrogen-bond acceptors (Lipinski definition) is 9. The van der Waals surface area contributed by atoms with E-state index in [1.165, 1.54) is 42.8 Å². The summed E-state index contributed by atoms with van der Waals surface area (Å²) < 4.78 is 72.9. The first-order chi connectivity index (χ1) is 19.1. The first-order valence-electron chi connectivity index (χ1n) is 11.7. The molecule has 40 heavy (non-hydrogen) atoms. The third kappa shape index (κ3) is 5.10. The topological polar surface area (TPSA) is 123 Å². The first kappa shape index (κ1) is 27.1. The Kier molecular flexibility index (Phi) is 7.21. The smallest absolute Gasteiger partial charge is 0.267 e. The third-order valence-electron chi connectivity index (χ3n) is 5.75. The Bertz CT molecular complexity index is 1850. The van der Waals surface area contributed by atoms with Crippen LogP contribution < -0.4 is 10.0 Å². The van der Waals surface area contributed by atoms with Crippen LogP contribution in [0.25, 0.3) is 32.5 Å². The minimum Gasteiger partial charge on any atom is -0.357 e. The number of aryl methyl sites for hydroxylation is 2. The largest absolute Gasteiger partial charge is 0.357 e. The van der Waals surface area contributed by atoms with Crippen LogP contribution in [0.5, 0.6) is 0 Å². The van der Waals surface area contributed by atoms with Gasteiger partial charge in [0.15, 0.2) is 10.7 Å². The molecule has 0 aliphatic carbocycles. The summed E-state index contributed by atoms with van der Waals surface area (Å²) in [5.41, 5.74) is 1.03. The molecule has 14 heteroatoms. The maximum atomic E-state index is 16.0. The van der Waals surface area contributed by atoms with Gasteiger partial charge in [-0.1, -0.05) is 12.1 Å². The van der Waals surface area contributed by atoms with Gasteiger partial charge >= 0.3 is 0 Å². The van der Waals surface area contributed by atoms with Crippen LogP contribution in [0.15, 0.2) is 59.9 Å². The average Bonchev–Trinajstić information content (AvgIpc) is 3.37. The Morgan fingerprint density at radius 3 is 2.40 bits per heavy atom. The SMILES string of the molecule is CNc1nccc(-c2sc(-c3cnc(C)cn3)nc2-c2cccc(NS(=O)(=O)c3c(F)ccc(C)c3F)c2F)n1. The molecule has 3 heterocycles. The van der Waals surface area contributed by atoms with Gasteiger partial charge in [-0.3, -0.25) is 14.7 Å². The van der Waals surface area contributed by atoms with E-state index >= 15 is 4.39 Å². The van der Waals surface area contributed by atoms with Crippen molar-refractivity contribution in [3.8, 4) is 32.5 Å². The molecule has 0 fully saturated rings. The van der Waals surface area contributed by atoms with Crippen molar-refractivity contribution in [1.29, 1.82) is 0 Å². The fraction of sp³-hybridized carbons (Fsp3) is 0.115. The van der Waals surface area contributed by atoms with Crippen molar-refractivity contribution < 1.29 is 21.6 Å². The number of halogens is 3. The zero-order chi connectivity index (χ0) is 28.6. The molecule has 0 unspecified atom stereocenters. The lowest BCUT2D eigenvalue weighted by atomic mass is 10.1. The van der Waals surface area contributed by atoms with E-state index in [4.69, 9.17) is 0 Å². The molecular formula is C26H20F3N7O2S2. The van der Waals surface area contributed by atoms with Gasteiger partial charge in [0.05, 0.1) is 33.8 Å². The van der Waals surface area contributed by atoms with Crippen LogP contribution in [-0.4, -0.2) is 40.4 Å². The molecule has 5 aromatic rings. The molecule has 9 nitrogen and oxygen atoms in total. The lowest BCUT2D eigenvalue weighted by molar-refractivity contribution is 0.516. The van der Waals surface area contributed by atoms with E-state index in [0.717, 1.165) is 18.2 Å². The predicted octanol–water partition coefficient (Wildman–Crippen LogP) is 5.60. The summed E-state index contributed by atoms with van der Waals surface area (Å²) in [6, 6.07) is 7.51. The number of anilines is 2. The fourth-order valence-electron chi connectivity index (χ4n) is 3.76. The van der Waals surface area contributed by atoms with Crippen LogP contribution in [0.4, 0.5) is 24.8 Å². The van der Waals surface area contributed by atoms with Crippen LogP contribution in [0.3, 0.4) is 0 Å². The second-order valence-electron chi connectivity index (χ2n) is 8.54. The van der Waals surface area contributed by atoms with Crippen molar-refractivity contribution in [2.24, 2.45) is 0 Å². The summed E-state index contributed by atoms with van der Waals surface area (Å²) >= 11 is 1.18. The van der Waals surface area contributed by atoms with Gasteiger partial charge in [0, 0.05) is 25.0 Å². The standard InChI is InChI=1S/C26H20F3N7O2S2/c1-13-7-8-16(27)24(20(13)28)40(37,38)36-17-6-4-5-15(21(17)29)22-23(18-9-10-31-26(30-3)34-18)39-25(35-22)19-12-32-14(2)11-33-19/h4-12,36H,1-3H3,(H,30,31,34). The maximum Gasteiger partial charge on any atom is 0.267 e. The van der Waals surface area contributed by atoms with Gasteiger partial charge < -0.3 is 5.32 Å². The molecule has 0 spiro atoms. The number of aromatic nitrogens is 5. The molecule has 2 N–H and O–H groups in total. The lowest BCUT2D eigenvalue weighted by Gasteiger charge is -2.13. The van der Waals surface area contributed by atoms with E-state index in [1.807, 2.05) is 4.72 Å². The van der Waals surface area contributed by atoms with Crippen molar-refractivity contribution in [2.45, 2.75) is 18.7 Å². The molecule has 0 radical (unpaired) electrons.